The van der Waals surface area contributed by atoms with Crippen LogP contribution in [0.3, 0.4) is 0 Å². The number of hydrogen-bond donors (Lipinski definition) is 2. The lowest BCUT2D eigenvalue weighted by Gasteiger charge is -2.33. The zero-order valence-corrected chi connectivity index (χ0v) is 13.9. The van der Waals surface area contributed by atoms with E-state index in [2.05, 4.69) is 15.5 Å². The van der Waals surface area contributed by atoms with E-state index in [1.54, 1.807) is 0 Å². The van der Waals surface area contributed by atoms with E-state index < -0.39 is 5.41 Å². The molecule has 0 saturated heterocycles. The molecular formula is C16H28N4O2. The average molecular weight is 308 g/mol. The van der Waals surface area contributed by atoms with E-state index in [-0.39, 0.29) is 11.9 Å². The predicted octanol–water partition coefficient (Wildman–Crippen LogP) is 2.29. The predicted molar refractivity (Wildman–Crippen MR) is 84.2 cm³/mol. The SMILES string of the molecule is CCC(CC)(CN)C(=O)NC1CCC(c2nc(C)no2)CC1. The van der Waals surface area contributed by atoms with Crippen LogP contribution >= 0.6 is 0 Å². The zero-order valence-electron chi connectivity index (χ0n) is 13.9. The van der Waals surface area contributed by atoms with Gasteiger partial charge in [-0.2, -0.15) is 4.98 Å². The minimum absolute atomic E-state index is 0.108. The van der Waals surface area contributed by atoms with Gasteiger partial charge in [0.2, 0.25) is 11.8 Å². The molecule has 0 spiro atoms. The Balaban J connectivity index is 1.88. The van der Waals surface area contributed by atoms with Crippen LogP contribution in [-0.2, 0) is 4.79 Å². The number of amides is 1. The van der Waals surface area contributed by atoms with Gasteiger partial charge in [0, 0.05) is 18.5 Å². The highest BCUT2D eigenvalue weighted by Crippen LogP contribution is 2.33. The van der Waals surface area contributed by atoms with Gasteiger partial charge in [-0.15, -0.1) is 0 Å². The fraction of sp³-hybridized carbons (Fsp3) is 0.812. The molecule has 0 aromatic carbocycles. The Morgan fingerprint density at radius 3 is 2.41 bits per heavy atom. The van der Waals surface area contributed by atoms with Crippen molar-refractivity contribution in [3.63, 3.8) is 0 Å². The molecule has 0 radical (unpaired) electrons. The van der Waals surface area contributed by atoms with Crippen LogP contribution in [0, 0.1) is 12.3 Å². The van der Waals surface area contributed by atoms with Crippen LogP contribution in [-0.4, -0.2) is 28.6 Å². The minimum Gasteiger partial charge on any atom is -0.353 e. The lowest BCUT2D eigenvalue weighted by atomic mass is 9.80. The number of rotatable bonds is 6. The molecule has 1 saturated carbocycles. The quantitative estimate of drug-likeness (QED) is 0.841. The number of nitrogens with two attached hydrogens (primary N) is 1. The van der Waals surface area contributed by atoms with Crippen molar-refractivity contribution in [1.29, 1.82) is 0 Å². The van der Waals surface area contributed by atoms with Gasteiger partial charge >= 0.3 is 0 Å². The maximum Gasteiger partial charge on any atom is 0.229 e. The molecule has 0 atom stereocenters. The Labute approximate surface area is 132 Å². The first-order chi connectivity index (χ1) is 10.5. The third kappa shape index (κ3) is 3.48. The van der Waals surface area contributed by atoms with Gasteiger partial charge in [-0.1, -0.05) is 19.0 Å². The first kappa shape index (κ1) is 16.9. The van der Waals surface area contributed by atoms with Crippen molar-refractivity contribution >= 4 is 5.91 Å². The van der Waals surface area contributed by atoms with E-state index in [0.717, 1.165) is 44.4 Å². The number of hydrogen-bond acceptors (Lipinski definition) is 5. The molecule has 1 amide bonds. The van der Waals surface area contributed by atoms with Gasteiger partial charge in [-0.05, 0) is 45.4 Å². The summed E-state index contributed by atoms with van der Waals surface area (Å²) in [5.74, 6) is 1.85. The third-order valence-corrected chi connectivity index (χ3v) is 5.18. The Hall–Kier alpha value is -1.43. The molecule has 1 aromatic rings. The normalized spacial score (nSPS) is 22.5. The van der Waals surface area contributed by atoms with Gasteiger partial charge in [0.05, 0.1) is 5.41 Å². The highest BCUT2D eigenvalue weighted by Gasteiger charge is 2.35. The fourth-order valence-electron chi connectivity index (χ4n) is 3.25. The van der Waals surface area contributed by atoms with Crippen LogP contribution < -0.4 is 11.1 Å². The molecule has 1 aliphatic carbocycles. The van der Waals surface area contributed by atoms with Crippen molar-refractivity contribution in [3.05, 3.63) is 11.7 Å². The summed E-state index contributed by atoms with van der Waals surface area (Å²) in [4.78, 5) is 16.9. The number of aromatic nitrogens is 2. The van der Waals surface area contributed by atoms with Crippen molar-refractivity contribution in [1.82, 2.24) is 15.5 Å². The summed E-state index contributed by atoms with van der Waals surface area (Å²) in [6.45, 7) is 6.30. The van der Waals surface area contributed by atoms with Crippen LogP contribution in [0.5, 0.6) is 0 Å². The first-order valence-electron chi connectivity index (χ1n) is 8.36. The van der Waals surface area contributed by atoms with Crippen LogP contribution in [0.25, 0.3) is 0 Å². The number of nitrogens with one attached hydrogen (secondary N) is 1. The monoisotopic (exact) mass is 308 g/mol. The van der Waals surface area contributed by atoms with E-state index in [4.69, 9.17) is 10.3 Å². The topological polar surface area (TPSA) is 94.0 Å². The second-order valence-corrected chi connectivity index (χ2v) is 6.39. The number of carbonyl (C=O) groups excluding carboxylic acids is 1. The van der Waals surface area contributed by atoms with E-state index in [9.17, 15) is 4.79 Å². The molecule has 0 unspecified atom stereocenters. The minimum atomic E-state index is -0.416. The Kier molecular flexibility index (Phi) is 5.56. The summed E-state index contributed by atoms with van der Waals surface area (Å²) in [7, 11) is 0. The molecule has 0 bridgehead atoms. The lowest BCUT2D eigenvalue weighted by molar-refractivity contribution is -0.132. The smallest absolute Gasteiger partial charge is 0.229 e. The highest BCUT2D eigenvalue weighted by atomic mass is 16.5. The van der Waals surface area contributed by atoms with Gasteiger partial charge < -0.3 is 15.6 Å². The molecule has 3 N–H and O–H groups in total. The van der Waals surface area contributed by atoms with Gasteiger partial charge in [-0.3, -0.25) is 4.79 Å². The molecule has 6 heteroatoms. The van der Waals surface area contributed by atoms with Crippen molar-refractivity contribution in [2.45, 2.75) is 71.3 Å². The Bertz CT molecular complexity index is 480. The largest absolute Gasteiger partial charge is 0.353 e. The number of aryl methyl sites for hydroxylation is 1. The van der Waals surface area contributed by atoms with Gasteiger partial charge in [0.15, 0.2) is 5.82 Å². The van der Waals surface area contributed by atoms with Crippen molar-refractivity contribution in [2.24, 2.45) is 11.1 Å². The standard InChI is InChI=1S/C16H28N4O2/c1-4-16(5-2,10-17)15(21)19-13-8-6-12(7-9-13)14-18-11(3)20-22-14/h12-13H,4-10,17H2,1-3H3,(H,19,21). The van der Waals surface area contributed by atoms with Gasteiger partial charge in [0.25, 0.3) is 0 Å². The fourth-order valence-corrected chi connectivity index (χ4v) is 3.25. The molecule has 22 heavy (non-hydrogen) atoms. The second-order valence-electron chi connectivity index (χ2n) is 6.39. The number of nitrogens with zero attached hydrogens (tertiary/aromatic N) is 2. The Morgan fingerprint density at radius 2 is 1.95 bits per heavy atom. The summed E-state index contributed by atoms with van der Waals surface area (Å²) in [5.41, 5.74) is 5.43. The second kappa shape index (κ2) is 7.22. The zero-order chi connectivity index (χ0) is 16.2. The molecule has 1 aromatic heterocycles. The first-order valence-corrected chi connectivity index (χ1v) is 8.36. The summed E-state index contributed by atoms with van der Waals surface area (Å²) < 4.78 is 5.26. The van der Waals surface area contributed by atoms with Gasteiger partial charge in [0.1, 0.15) is 0 Å². The summed E-state index contributed by atoms with van der Waals surface area (Å²) in [6.07, 6.45) is 5.41. The van der Waals surface area contributed by atoms with E-state index >= 15 is 0 Å². The molecule has 124 valence electrons. The van der Waals surface area contributed by atoms with E-state index in [1.807, 2.05) is 20.8 Å². The average Bonchev–Trinajstić information content (AvgIpc) is 2.97. The highest BCUT2D eigenvalue weighted by molar-refractivity contribution is 5.83. The maximum absolute atomic E-state index is 12.5. The van der Waals surface area contributed by atoms with E-state index in [0.29, 0.717) is 18.3 Å². The molecule has 1 aliphatic rings. The maximum atomic E-state index is 12.5. The molecule has 6 nitrogen and oxygen atoms in total. The van der Waals surface area contributed by atoms with Gasteiger partial charge in [-0.25, -0.2) is 0 Å². The van der Waals surface area contributed by atoms with Crippen LogP contribution in [0.2, 0.25) is 0 Å². The van der Waals surface area contributed by atoms with Crippen molar-refractivity contribution in [3.8, 4) is 0 Å². The molecule has 2 rings (SSSR count). The van der Waals surface area contributed by atoms with Crippen LogP contribution in [0.4, 0.5) is 0 Å². The lowest BCUT2D eigenvalue weighted by Crippen LogP contribution is -2.49. The van der Waals surface area contributed by atoms with Crippen LogP contribution in [0.15, 0.2) is 4.52 Å². The summed E-state index contributed by atoms with van der Waals surface area (Å²) >= 11 is 0. The Morgan fingerprint density at radius 1 is 1.32 bits per heavy atom. The molecule has 1 fully saturated rings. The van der Waals surface area contributed by atoms with Crippen LogP contribution in [0.1, 0.15) is 70.0 Å². The molecular weight excluding hydrogens is 280 g/mol. The third-order valence-electron chi connectivity index (χ3n) is 5.18. The van der Waals surface area contributed by atoms with Crippen molar-refractivity contribution in [2.75, 3.05) is 6.54 Å². The summed E-state index contributed by atoms with van der Waals surface area (Å²) in [6, 6.07) is 0.233. The van der Waals surface area contributed by atoms with Crippen molar-refractivity contribution < 1.29 is 9.32 Å². The van der Waals surface area contributed by atoms with E-state index in [1.165, 1.54) is 0 Å². The molecule has 0 aliphatic heterocycles. The summed E-state index contributed by atoms with van der Waals surface area (Å²) in [5, 5.41) is 7.06. The number of carbonyl (C=O) groups is 1. The molecule has 1 heterocycles.